The van der Waals surface area contributed by atoms with E-state index in [0.717, 1.165) is 15.4 Å². The topological polar surface area (TPSA) is 39.2 Å². The molecule has 0 amide bonds. The zero-order chi connectivity index (χ0) is 14.3. The van der Waals surface area contributed by atoms with E-state index in [0.29, 0.717) is 16.9 Å². The Hall–Kier alpha value is -1.65. The summed E-state index contributed by atoms with van der Waals surface area (Å²) in [6.45, 7) is 1.73. The zero-order valence-corrected chi connectivity index (χ0v) is 12.4. The number of benzene rings is 2. The van der Waals surface area contributed by atoms with Crippen molar-refractivity contribution in [2.45, 2.75) is 13.0 Å². The van der Waals surface area contributed by atoms with Gasteiger partial charge in [0.2, 0.25) is 0 Å². The van der Waals surface area contributed by atoms with Crippen molar-refractivity contribution in [2.75, 3.05) is 0 Å². The number of furan rings is 1. The van der Waals surface area contributed by atoms with Crippen LogP contribution in [0.3, 0.4) is 0 Å². The summed E-state index contributed by atoms with van der Waals surface area (Å²) in [5.74, 6) is 0.373. The van der Waals surface area contributed by atoms with Gasteiger partial charge in [0.25, 0.3) is 0 Å². The van der Waals surface area contributed by atoms with Crippen LogP contribution in [0.1, 0.15) is 22.9 Å². The summed E-state index contributed by atoms with van der Waals surface area (Å²) in [4.78, 5) is 0. The molecule has 0 aliphatic rings. The van der Waals surface area contributed by atoms with Crippen molar-refractivity contribution in [3.8, 4) is 0 Å². The number of fused-ring (bicyclic) bond motifs is 1. The third kappa shape index (κ3) is 2.37. The Labute approximate surface area is 124 Å². The summed E-state index contributed by atoms with van der Waals surface area (Å²) in [6, 6.07) is 12.2. The Morgan fingerprint density at radius 3 is 2.70 bits per heavy atom. The molecule has 2 N–H and O–H groups in total. The minimum atomic E-state index is -0.476. The highest BCUT2D eigenvalue weighted by Gasteiger charge is 2.15. The lowest BCUT2D eigenvalue weighted by Crippen LogP contribution is -2.11. The first-order valence-electron chi connectivity index (χ1n) is 6.25. The molecule has 1 aromatic heterocycles. The van der Waals surface area contributed by atoms with E-state index >= 15 is 0 Å². The van der Waals surface area contributed by atoms with E-state index in [-0.39, 0.29) is 5.82 Å². The van der Waals surface area contributed by atoms with Crippen LogP contribution in [0, 0.1) is 12.7 Å². The van der Waals surface area contributed by atoms with Gasteiger partial charge in [-0.2, -0.15) is 0 Å². The van der Waals surface area contributed by atoms with Gasteiger partial charge in [0.05, 0.1) is 6.04 Å². The fraction of sp³-hybridized carbons (Fsp3) is 0.125. The second-order valence-corrected chi connectivity index (χ2v) is 5.73. The van der Waals surface area contributed by atoms with Crippen molar-refractivity contribution in [3.63, 3.8) is 0 Å². The lowest BCUT2D eigenvalue weighted by Gasteiger charge is -2.09. The second kappa shape index (κ2) is 5.04. The number of nitrogens with two attached hydrogens (primary N) is 1. The van der Waals surface area contributed by atoms with Gasteiger partial charge in [-0.25, -0.2) is 4.39 Å². The third-order valence-electron chi connectivity index (χ3n) is 3.36. The van der Waals surface area contributed by atoms with Crippen LogP contribution < -0.4 is 5.73 Å². The molecule has 0 spiro atoms. The van der Waals surface area contributed by atoms with Crippen LogP contribution in [0.2, 0.25) is 0 Å². The molecule has 1 atom stereocenters. The van der Waals surface area contributed by atoms with Crippen LogP contribution in [0.4, 0.5) is 4.39 Å². The second-order valence-electron chi connectivity index (χ2n) is 4.82. The van der Waals surface area contributed by atoms with Crippen molar-refractivity contribution in [2.24, 2.45) is 5.73 Å². The number of rotatable bonds is 2. The summed E-state index contributed by atoms with van der Waals surface area (Å²) < 4.78 is 20.3. The fourth-order valence-corrected chi connectivity index (χ4v) is 2.53. The number of hydrogen-bond acceptors (Lipinski definition) is 2. The van der Waals surface area contributed by atoms with Crippen LogP contribution in [0.15, 0.2) is 51.4 Å². The Bertz CT molecular complexity index is 781. The molecule has 0 radical (unpaired) electrons. The van der Waals surface area contributed by atoms with Gasteiger partial charge < -0.3 is 10.2 Å². The number of aryl methyl sites for hydroxylation is 1. The summed E-state index contributed by atoms with van der Waals surface area (Å²) in [7, 11) is 0. The van der Waals surface area contributed by atoms with Gasteiger partial charge >= 0.3 is 0 Å². The quantitative estimate of drug-likeness (QED) is 0.738. The van der Waals surface area contributed by atoms with E-state index in [9.17, 15) is 4.39 Å². The smallest absolute Gasteiger partial charge is 0.134 e. The van der Waals surface area contributed by atoms with E-state index in [2.05, 4.69) is 15.9 Å². The average molecular weight is 334 g/mol. The summed E-state index contributed by atoms with van der Waals surface area (Å²) >= 11 is 3.42. The Balaban J connectivity index is 2.02. The monoisotopic (exact) mass is 333 g/mol. The highest BCUT2D eigenvalue weighted by Crippen LogP contribution is 2.29. The van der Waals surface area contributed by atoms with Crippen molar-refractivity contribution < 1.29 is 8.81 Å². The lowest BCUT2D eigenvalue weighted by atomic mass is 10.0. The molecule has 4 heteroatoms. The highest BCUT2D eigenvalue weighted by molar-refractivity contribution is 9.10. The van der Waals surface area contributed by atoms with Crippen molar-refractivity contribution in [3.05, 3.63) is 69.6 Å². The van der Waals surface area contributed by atoms with Gasteiger partial charge in [0, 0.05) is 9.86 Å². The fourth-order valence-electron chi connectivity index (χ4n) is 2.15. The summed E-state index contributed by atoms with van der Waals surface area (Å²) in [5, 5.41) is 0.970. The SMILES string of the molecule is Cc1ccc(C(N)c2cc3cc(Br)ccc3o2)cc1F. The van der Waals surface area contributed by atoms with Gasteiger partial charge in [-0.05, 0) is 48.4 Å². The third-order valence-corrected chi connectivity index (χ3v) is 3.85. The molecule has 2 aromatic carbocycles. The lowest BCUT2D eigenvalue weighted by molar-refractivity contribution is 0.523. The molecule has 102 valence electrons. The molecular weight excluding hydrogens is 321 g/mol. The van der Waals surface area contributed by atoms with Crippen LogP contribution in [-0.4, -0.2) is 0 Å². The predicted octanol–water partition coefficient (Wildman–Crippen LogP) is 4.69. The molecule has 0 saturated heterocycles. The molecule has 0 saturated carbocycles. The Kier molecular flexibility index (Phi) is 3.36. The average Bonchev–Trinajstić information content (AvgIpc) is 2.84. The maximum Gasteiger partial charge on any atom is 0.134 e. The summed E-state index contributed by atoms with van der Waals surface area (Å²) in [6.07, 6.45) is 0. The Morgan fingerprint density at radius 2 is 1.95 bits per heavy atom. The predicted molar refractivity (Wildman–Crippen MR) is 81.1 cm³/mol. The van der Waals surface area contributed by atoms with Crippen molar-refractivity contribution in [1.29, 1.82) is 0 Å². The molecule has 0 bridgehead atoms. The van der Waals surface area contributed by atoms with Gasteiger partial charge in [0.1, 0.15) is 17.2 Å². The molecule has 20 heavy (non-hydrogen) atoms. The largest absolute Gasteiger partial charge is 0.459 e. The maximum absolute atomic E-state index is 13.6. The molecular formula is C16H13BrFNO. The van der Waals surface area contributed by atoms with Gasteiger partial charge in [0.15, 0.2) is 0 Å². The standard InChI is InChI=1S/C16H13BrFNO/c1-9-2-3-10(7-13(9)18)16(19)15-8-11-6-12(17)4-5-14(11)20-15/h2-8,16H,19H2,1H3. The van der Waals surface area contributed by atoms with Crippen LogP contribution >= 0.6 is 15.9 Å². The van der Waals surface area contributed by atoms with Crippen LogP contribution in [0.25, 0.3) is 11.0 Å². The van der Waals surface area contributed by atoms with Gasteiger partial charge in [-0.15, -0.1) is 0 Å². The van der Waals surface area contributed by atoms with E-state index in [4.69, 9.17) is 10.2 Å². The number of hydrogen-bond donors (Lipinski definition) is 1. The van der Waals surface area contributed by atoms with Crippen molar-refractivity contribution in [1.82, 2.24) is 0 Å². The van der Waals surface area contributed by atoms with Crippen LogP contribution in [-0.2, 0) is 0 Å². The molecule has 1 heterocycles. The van der Waals surface area contributed by atoms with E-state index in [1.807, 2.05) is 30.3 Å². The van der Waals surface area contributed by atoms with E-state index < -0.39 is 6.04 Å². The molecule has 0 aliphatic heterocycles. The molecule has 3 rings (SSSR count). The minimum absolute atomic E-state index is 0.253. The first-order valence-corrected chi connectivity index (χ1v) is 7.04. The zero-order valence-electron chi connectivity index (χ0n) is 10.9. The van der Waals surface area contributed by atoms with Crippen molar-refractivity contribution >= 4 is 26.9 Å². The van der Waals surface area contributed by atoms with E-state index in [1.165, 1.54) is 6.07 Å². The number of halogens is 2. The van der Waals surface area contributed by atoms with Gasteiger partial charge in [-0.1, -0.05) is 28.1 Å². The first-order chi connectivity index (χ1) is 9.54. The van der Waals surface area contributed by atoms with Gasteiger partial charge in [-0.3, -0.25) is 0 Å². The molecule has 3 aromatic rings. The molecule has 0 aliphatic carbocycles. The molecule has 1 unspecified atom stereocenters. The normalized spacial score (nSPS) is 12.8. The van der Waals surface area contributed by atoms with Crippen LogP contribution in [0.5, 0.6) is 0 Å². The Morgan fingerprint density at radius 1 is 1.15 bits per heavy atom. The summed E-state index contributed by atoms with van der Waals surface area (Å²) in [5.41, 5.74) is 8.24. The molecule has 2 nitrogen and oxygen atoms in total. The first kappa shape index (κ1) is 13.3. The highest BCUT2D eigenvalue weighted by atomic mass is 79.9. The minimum Gasteiger partial charge on any atom is -0.459 e. The van der Waals surface area contributed by atoms with E-state index in [1.54, 1.807) is 13.0 Å². The molecule has 0 fully saturated rings. The maximum atomic E-state index is 13.6.